The maximum atomic E-state index is 13.5. The van der Waals surface area contributed by atoms with Crippen LogP contribution in [0.3, 0.4) is 0 Å². The van der Waals surface area contributed by atoms with E-state index in [0.29, 0.717) is 35.2 Å². The van der Waals surface area contributed by atoms with Crippen LogP contribution in [0.1, 0.15) is 15.9 Å². The number of benzene rings is 2. The van der Waals surface area contributed by atoms with E-state index in [-0.39, 0.29) is 29.6 Å². The van der Waals surface area contributed by atoms with Gasteiger partial charge < -0.3 is 20.6 Å². The zero-order valence-electron chi connectivity index (χ0n) is 17.8. The molecule has 0 saturated carbocycles. The lowest BCUT2D eigenvalue weighted by Gasteiger charge is -2.32. The van der Waals surface area contributed by atoms with Crippen molar-refractivity contribution >= 4 is 40.3 Å². The maximum Gasteiger partial charge on any atom is 0.258 e. The van der Waals surface area contributed by atoms with E-state index in [1.807, 2.05) is 0 Å². The summed E-state index contributed by atoms with van der Waals surface area (Å²) in [6.07, 6.45) is 1.33. The normalized spacial score (nSPS) is 15.0. The zero-order valence-corrected chi connectivity index (χ0v) is 17.8. The molecule has 1 saturated heterocycles. The predicted octanol–water partition coefficient (Wildman–Crippen LogP) is 1.65. The number of nitrogens with one attached hydrogen (secondary N) is 1. The van der Waals surface area contributed by atoms with Crippen molar-refractivity contribution in [3.8, 4) is 0 Å². The number of hydrogen-bond donors (Lipinski definition) is 2. The van der Waals surface area contributed by atoms with E-state index < -0.39 is 11.4 Å². The molecule has 0 unspecified atom stereocenters. The van der Waals surface area contributed by atoms with Crippen LogP contribution in [0.5, 0.6) is 0 Å². The summed E-state index contributed by atoms with van der Waals surface area (Å²) >= 11 is 0. The Morgan fingerprint density at radius 3 is 2.58 bits per heavy atom. The Labute approximate surface area is 188 Å². The van der Waals surface area contributed by atoms with Gasteiger partial charge in [-0.1, -0.05) is 0 Å². The number of pyridine rings is 1. The number of nitrogens with two attached hydrogens (primary N) is 1. The highest BCUT2D eigenvalue weighted by molar-refractivity contribution is 6.38. The Morgan fingerprint density at radius 2 is 1.88 bits per heavy atom. The molecule has 0 radical (unpaired) electrons. The minimum Gasteiger partial charge on any atom is -0.342 e. The summed E-state index contributed by atoms with van der Waals surface area (Å²) in [6.45, 7) is 1.02. The third kappa shape index (κ3) is 4.64. The van der Waals surface area contributed by atoms with Gasteiger partial charge in [0.15, 0.2) is 0 Å². The van der Waals surface area contributed by atoms with Crippen molar-refractivity contribution in [3.05, 3.63) is 75.8 Å². The van der Waals surface area contributed by atoms with Gasteiger partial charge in [0.1, 0.15) is 18.1 Å². The summed E-state index contributed by atoms with van der Waals surface area (Å²) in [4.78, 5) is 47.0. The molecule has 3 N–H and O–H groups in total. The van der Waals surface area contributed by atoms with Crippen molar-refractivity contribution in [1.29, 1.82) is 0 Å². The van der Waals surface area contributed by atoms with E-state index in [0.717, 1.165) is 0 Å². The second-order valence-corrected chi connectivity index (χ2v) is 7.61. The molecule has 0 bridgehead atoms. The largest absolute Gasteiger partial charge is 0.342 e. The molecule has 2 aromatic carbocycles. The molecule has 4 rings (SSSR count). The van der Waals surface area contributed by atoms with Crippen LogP contribution in [0.15, 0.2) is 63.4 Å². The van der Waals surface area contributed by atoms with Crippen molar-refractivity contribution < 1.29 is 14.0 Å². The number of carbonyl (C=O) groups is 2. The minimum absolute atomic E-state index is 0.0514. The highest BCUT2D eigenvalue weighted by atomic mass is 19.1. The van der Waals surface area contributed by atoms with Gasteiger partial charge in [0.25, 0.3) is 11.5 Å². The van der Waals surface area contributed by atoms with Gasteiger partial charge in [-0.25, -0.2) is 4.39 Å². The molecule has 2 amide bonds. The number of aromatic nitrogens is 1. The van der Waals surface area contributed by atoms with Crippen molar-refractivity contribution in [2.75, 3.05) is 26.7 Å². The van der Waals surface area contributed by atoms with E-state index in [9.17, 15) is 18.8 Å². The van der Waals surface area contributed by atoms with Gasteiger partial charge in [0.2, 0.25) is 5.91 Å². The Bertz CT molecular complexity index is 1350. The fourth-order valence-electron chi connectivity index (χ4n) is 3.48. The van der Waals surface area contributed by atoms with Crippen LogP contribution in [0, 0.1) is 5.82 Å². The highest BCUT2D eigenvalue weighted by Gasteiger charge is 2.25. The molecule has 33 heavy (non-hydrogen) atoms. The number of piperazine rings is 1. The van der Waals surface area contributed by atoms with Gasteiger partial charge in [-0.2, -0.15) is 5.10 Å². The molecule has 1 aliphatic heterocycles. The van der Waals surface area contributed by atoms with Crippen LogP contribution in [-0.4, -0.2) is 65.2 Å². The van der Waals surface area contributed by atoms with Gasteiger partial charge in [0, 0.05) is 36.6 Å². The average Bonchev–Trinajstić information content (AvgIpc) is 2.81. The number of aliphatic imine (C=N–C) groups is 1. The second-order valence-electron chi connectivity index (χ2n) is 7.61. The lowest BCUT2D eigenvalue weighted by molar-refractivity contribution is -0.133. The first-order chi connectivity index (χ1) is 15.9. The summed E-state index contributed by atoms with van der Waals surface area (Å²) in [6, 6.07) is 12.0. The standard InChI is InChI=1S/C23H21FN6O3/c1-29-8-9-30(13-21(29)31)23(33)14-2-5-17(6-3-14)26-12-20(28-25)18-11-15-10-16(24)4-7-19(15)27-22(18)32/h2-7,10-12H,8-9,13,25H2,1H3,(H,27,32). The number of carbonyl (C=O) groups excluding carboxylic acids is 2. The molecule has 1 fully saturated rings. The quantitative estimate of drug-likeness (QED) is 0.358. The number of H-pyrrole nitrogens is 1. The van der Waals surface area contributed by atoms with E-state index in [1.165, 1.54) is 35.4 Å². The highest BCUT2D eigenvalue weighted by Crippen LogP contribution is 2.16. The van der Waals surface area contributed by atoms with Gasteiger partial charge in [-0.05, 0) is 48.5 Å². The van der Waals surface area contributed by atoms with Crippen molar-refractivity contribution in [3.63, 3.8) is 0 Å². The Kier molecular flexibility index (Phi) is 5.99. The molecule has 9 nitrogen and oxygen atoms in total. The topological polar surface area (TPSA) is 124 Å². The fraction of sp³-hybridized carbons (Fsp3) is 0.174. The molecule has 0 spiro atoms. The van der Waals surface area contributed by atoms with Crippen LogP contribution in [0.4, 0.5) is 10.1 Å². The maximum absolute atomic E-state index is 13.5. The molecule has 1 aliphatic rings. The molecule has 1 aromatic heterocycles. The molecule has 2 heterocycles. The van der Waals surface area contributed by atoms with E-state index >= 15 is 0 Å². The van der Waals surface area contributed by atoms with Crippen LogP contribution in [0.25, 0.3) is 10.9 Å². The van der Waals surface area contributed by atoms with Crippen molar-refractivity contribution in [1.82, 2.24) is 14.8 Å². The van der Waals surface area contributed by atoms with Crippen LogP contribution < -0.4 is 11.4 Å². The third-order valence-corrected chi connectivity index (χ3v) is 5.42. The minimum atomic E-state index is -0.438. The Morgan fingerprint density at radius 1 is 1.12 bits per heavy atom. The average molecular weight is 448 g/mol. The predicted molar refractivity (Wildman–Crippen MR) is 123 cm³/mol. The number of hydrazone groups is 1. The Hall–Kier alpha value is -4.34. The smallest absolute Gasteiger partial charge is 0.258 e. The molecule has 0 atom stereocenters. The fourth-order valence-corrected chi connectivity index (χ4v) is 3.48. The van der Waals surface area contributed by atoms with E-state index in [2.05, 4.69) is 15.1 Å². The van der Waals surface area contributed by atoms with Crippen LogP contribution >= 0.6 is 0 Å². The number of likely N-dealkylation sites (N-methyl/N-ethyl adjacent to an activating group) is 1. The van der Waals surface area contributed by atoms with Crippen molar-refractivity contribution in [2.45, 2.75) is 0 Å². The first-order valence-corrected chi connectivity index (χ1v) is 10.1. The SMILES string of the molecule is CN1CCN(C(=O)c2ccc(N=CC(=NN)c3cc4cc(F)ccc4[nH]c3=O)cc2)CC1=O. The Balaban J connectivity index is 1.52. The van der Waals surface area contributed by atoms with Gasteiger partial charge in [-0.15, -0.1) is 0 Å². The van der Waals surface area contributed by atoms with Gasteiger partial charge in [0.05, 0.1) is 17.5 Å². The molecule has 3 aromatic rings. The third-order valence-electron chi connectivity index (χ3n) is 5.42. The molecular weight excluding hydrogens is 427 g/mol. The summed E-state index contributed by atoms with van der Waals surface area (Å²) < 4.78 is 13.5. The summed E-state index contributed by atoms with van der Waals surface area (Å²) in [7, 11) is 1.71. The second kappa shape index (κ2) is 9.03. The summed E-state index contributed by atoms with van der Waals surface area (Å²) in [5.41, 5.74) is 1.25. The molecule has 168 valence electrons. The van der Waals surface area contributed by atoms with Gasteiger partial charge >= 0.3 is 0 Å². The first kappa shape index (κ1) is 21.9. The molecule has 0 aliphatic carbocycles. The first-order valence-electron chi connectivity index (χ1n) is 10.1. The molecule has 10 heteroatoms. The summed E-state index contributed by atoms with van der Waals surface area (Å²) in [5, 5.41) is 4.13. The lowest BCUT2D eigenvalue weighted by Crippen LogP contribution is -2.50. The van der Waals surface area contributed by atoms with E-state index in [4.69, 9.17) is 5.84 Å². The monoisotopic (exact) mass is 448 g/mol. The van der Waals surface area contributed by atoms with Gasteiger partial charge in [-0.3, -0.25) is 19.4 Å². The number of nitrogens with zero attached hydrogens (tertiary/aromatic N) is 4. The summed E-state index contributed by atoms with van der Waals surface area (Å²) in [5.74, 6) is 4.70. The number of halogens is 1. The number of amides is 2. The zero-order chi connectivity index (χ0) is 23.5. The van der Waals surface area contributed by atoms with Crippen molar-refractivity contribution in [2.24, 2.45) is 15.9 Å². The van der Waals surface area contributed by atoms with E-state index in [1.54, 1.807) is 36.2 Å². The lowest BCUT2D eigenvalue weighted by atomic mass is 10.1. The number of fused-ring (bicyclic) bond motifs is 1. The number of aromatic amines is 1. The molecular formula is C23H21FN6O3. The van der Waals surface area contributed by atoms with Crippen LogP contribution in [-0.2, 0) is 4.79 Å². The number of hydrogen-bond acceptors (Lipinski definition) is 6. The number of rotatable bonds is 4. The van der Waals surface area contributed by atoms with Crippen LogP contribution in [0.2, 0.25) is 0 Å².